The molecule has 0 spiro atoms. The summed E-state index contributed by atoms with van der Waals surface area (Å²) in [6.45, 7) is 1.72. The van der Waals surface area contributed by atoms with Crippen LogP contribution in [0, 0.1) is 0 Å². The lowest BCUT2D eigenvalue weighted by Gasteiger charge is -2.14. The lowest BCUT2D eigenvalue weighted by molar-refractivity contribution is -0.147. The van der Waals surface area contributed by atoms with Gasteiger partial charge in [-0.25, -0.2) is 0 Å². The Labute approximate surface area is 139 Å². The summed E-state index contributed by atoms with van der Waals surface area (Å²) in [7, 11) is 0. The molecule has 24 heavy (non-hydrogen) atoms. The average molecular weight is 327 g/mol. The maximum absolute atomic E-state index is 12.1. The Balaban J connectivity index is 1.51. The van der Waals surface area contributed by atoms with Crippen LogP contribution in [0.25, 0.3) is 0 Å². The molecule has 2 aromatic rings. The second-order valence-corrected chi connectivity index (χ2v) is 5.29. The summed E-state index contributed by atoms with van der Waals surface area (Å²) in [5.74, 6) is 0.239. The number of carbonyl (C=O) groups excluding carboxylic acids is 2. The molecule has 1 heterocycles. The molecule has 0 aromatic heterocycles. The first kappa shape index (κ1) is 15.9. The van der Waals surface area contributed by atoms with Crippen molar-refractivity contribution in [3.05, 3.63) is 59.7 Å². The Hall–Kier alpha value is -3.02. The molecule has 6 heteroatoms. The van der Waals surface area contributed by atoms with Crippen molar-refractivity contribution in [3.63, 3.8) is 0 Å². The highest BCUT2D eigenvalue weighted by Crippen LogP contribution is 2.32. The molecule has 1 atom stereocenters. The number of rotatable bonds is 5. The topological polar surface area (TPSA) is 73.9 Å². The zero-order valence-corrected chi connectivity index (χ0v) is 13.2. The van der Waals surface area contributed by atoms with Gasteiger partial charge in [-0.15, -0.1) is 0 Å². The van der Waals surface area contributed by atoms with Crippen molar-refractivity contribution in [2.75, 3.05) is 13.3 Å². The fraction of sp³-hybridized carbons (Fsp3) is 0.222. The molecule has 1 amide bonds. The van der Waals surface area contributed by atoms with E-state index in [1.165, 1.54) is 0 Å². The molecule has 3 rings (SSSR count). The van der Waals surface area contributed by atoms with Crippen LogP contribution in [0.1, 0.15) is 28.9 Å². The summed E-state index contributed by atoms with van der Waals surface area (Å²) < 4.78 is 15.7. The molecule has 1 aliphatic heterocycles. The minimum atomic E-state index is -0.500. The van der Waals surface area contributed by atoms with Gasteiger partial charge in [-0.3, -0.25) is 9.59 Å². The van der Waals surface area contributed by atoms with E-state index >= 15 is 0 Å². The van der Waals surface area contributed by atoms with Crippen LogP contribution in [-0.4, -0.2) is 25.2 Å². The van der Waals surface area contributed by atoms with Gasteiger partial charge in [-0.05, 0) is 30.7 Å². The van der Waals surface area contributed by atoms with Gasteiger partial charge in [0.2, 0.25) is 6.79 Å². The van der Waals surface area contributed by atoms with Gasteiger partial charge >= 0.3 is 5.97 Å². The number of ether oxygens (including phenoxy) is 3. The van der Waals surface area contributed by atoms with Crippen molar-refractivity contribution in [1.82, 2.24) is 5.32 Å². The van der Waals surface area contributed by atoms with E-state index in [2.05, 4.69) is 5.32 Å². The average Bonchev–Trinajstić information content (AvgIpc) is 3.08. The van der Waals surface area contributed by atoms with Crippen molar-refractivity contribution in [2.24, 2.45) is 0 Å². The molecular formula is C18H17NO5. The molecular weight excluding hydrogens is 310 g/mol. The first-order valence-corrected chi connectivity index (χ1v) is 7.56. The molecule has 6 nitrogen and oxygen atoms in total. The number of esters is 1. The fourth-order valence-corrected chi connectivity index (χ4v) is 2.32. The van der Waals surface area contributed by atoms with Crippen molar-refractivity contribution in [2.45, 2.75) is 13.0 Å². The van der Waals surface area contributed by atoms with Gasteiger partial charge in [0.15, 0.2) is 11.5 Å². The number of carbonyl (C=O) groups is 2. The van der Waals surface area contributed by atoms with Crippen molar-refractivity contribution >= 4 is 11.9 Å². The largest absolute Gasteiger partial charge is 0.456 e. The van der Waals surface area contributed by atoms with E-state index in [0.717, 1.165) is 5.56 Å². The zero-order valence-electron chi connectivity index (χ0n) is 13.2. The number of nitrogens with one attached hydrogen (secondary N) is 1. The van der Waals surface area contributed by atoms with Crippen LogP contribution < -0.4 is 14.8 Å². The molecule has 0 bridgehead atoms. The Morgan fingerprint density at radius 2 is 1.88 bits per heavy atom. The molecule has 1 N–H and O–H groups in total. The zero-order chi connectivity index (χ0) is 16.9. The standard InChI is InChI=1S/C18H17NO5/c1-12(13-5-3-2-4-6-13)24-17(20)10-19-18(21)14-7-8-15-16(9-14)23-11-22-15/h2-9,12H,10-11H2,1H3,(H,19,21)/t12-/m0/s1. The molecule has 0 fully saturated rings. The molecule has 0 saturated carbocycles. The van der Waals surface area contributed by atoms with Crippen LogP contribution in [-0.2, 0) is 9.53 Å². The third kappa shape index (κ3) is 3.65. The summed E-state index contributed by atoms with van der Waals surface area (Å²) in [5.41, 5.74) is 1.29. The second-order valence-electron chi connectivity index (χ2n) is 5.29. The van der Waals surface area contributed by atoms with E-state index in [9.17, 15) is 9.59 Å². The maximum atomic E-state index is 12.1. The molecule has 0 aliphatic carbocycles. The van der Waals surface area contributed by atoms with Crippen molar-refractivity contribution < 1.29 is 23.8 Å². The highest BCUT2D eigenvalue weighted by Gasteiger charge is 2.17. The third-order valence-corrected chi connectivity index (χ3v) is 3.61. The lowest BCUT2D eigenvalue weighted by Crippen LogP contribution is -2.31. The summed E-state index contributed by atoms with van der Waals surface area (Å²) in [6, 6.07) is 14.3. The smallest absolute Gasteiger partial charge is 0.326 e. The van der Waals surface area contributed by atoms with Crippen molar-refractivity contribution in [3.8, 4) is 11.5 Å². The van der Waals surface area contributed by atoms with E-state index in [1.54, 1.807) is 25.1 Å². The van der Waals surface area contributed by atoms with Gasteiger partial charge in [0, 0.05) is 5.56 Å². The minimum Gasteiger partial charge on any atom is -0.456 e. The molecule has 124 valence electrons. The molecule has 1 aliphatic rings. The second kappa shape index (κ2) is 7.04. The van der Waals surface area contributed by atoms with Crippen LogP contribution >= 0.6 is 0 Å². The van der Waals surface area contributed by atoms with Gasteiger partial charge in [0.25, 0.3) is 5.91 Å². The highest BCUT2D eigenvalue weighted by molar-refractivity contribution is 5.96. The fourth-order valence-electron chi connectivity index (χ4n) is 2.32. The first-order valence-electron chi connectivity index (χ1n) is 7.56. The first-order chi connectivity index (χ1) is 11.6. The number of amides is 1. The number of hydrogen-bond donors (Lipinski definition) is 1. The maximum Gasteiger partial charge on any atom is 0.326 e. The quantitative estimate of drug-likeness (QED) is 0.854. The molecule has 0 radical (unpaired) electrons. The number of hydrogen-bond acceptors (Lipinski definition) is 5. The van der Waals surface area contributed by atoms with E-state index in [1.807, 2.05) is 30.3 Å². The van der Waals surface area contributed by atoms with E-state index in [0.29, 0.717) is 17.1 Å². The third-order valence-electron chi connectivity index (χ3n) is 3.61. The van der Waals surface area contributed by atoms with E-state index in [-0.39, 0.29) is 25.3 Å². The lowest BCUT2D eigenvalue weighted by atomic mass is 10.1. The summed E-state index contributed by atoms with van der Waals surface area (Å²) >= 11 is 0. The van der Waals surface area contributed by atoms with Gasteiger partial charge < -0.3 is 19.5 Å². The molecule has 2 aromatic carbocycles. The summed E-state index contributed by atoms with van der Waals surface area (Å²) in [4.78, 5) is 24.0. The minimum absolute atomic E-state index is 0.143. The van der Waals surface area contributed by atoms with Crippen LogP contribution in [0.2, 0.25) is 0 Å². The predicted molar refractivity (Wildman–Crippen MR) is 85.8 cm³/mol. The Morgan fingerprint density at radius 1 is 1.12 bits per heavy atom. The van der Waals surface area contributed by atoms with Crippen LogP contribution in [0.5, 0.6) is 11.5 Å². The van der Waals surface area contributed by atoms with Gasteiger partial charge in [0.05, 0.1) is 0 Å². The van der Waals surface area contributed by atoms with Crippen molar-refractivity contribution in [1.29, 1.82) is 0 Å². The Kier molecular flexibility index (Phi) is 4.65. The van der Waals surface area contributed by atoms with E-state index in [4.69, 9.17) is 14.2 Å². The summed E-state index contributed by atoms with van der Waals surface area (Å²) in [6.07, 6.45) is -0.374. The Morgan fingerprint density at radius 3 is 2.67 bits per heavy atom. The van der Waals surface area contributed by atoms with Gasteiger partial charge in [-0.2, -0.15) is 0 Å². The number of fused-ring (bicyclic) bond motifs is 1. The molecule has 0 saturated heterocycles. The predicted octanol–water partition coefficient (Wildman–Crippen LogP) is 2.45. The molecule has 0 unspecified atom stereocenters. The normalized spacial score (nSPS) is 13.2. The van der Waals surface area contributed by atoms with Gasteiger partial charge in [0.1, 0.15) is 12.6 Å². The highest BCUT2D eigenvalue weighted by atomic mass is 16.7. The van der Waals surface area contributed by atoms with Crippen LogP contribution in [0.15, 0.2) is 48.5 Å². The monoisotopic (exact) mass is 327 g/mol. The SMILES string of the molecule is C[C@H](OC(=O)CNC(=O)c1ccc2c(c1)OCO2)c1ccccc1. The van der Waals surface area contributed by atoms with Crippen LogP contribution in [0.3, 0.4) is 0 Å². The van der Waals surface area contributed by atoms with Crippen LogP contribution in [0.4, 0.5) is 0 Å². The van der Waals surface area contributed by atoms with Gasteiger partial charge in [-0.1, -0.05) is 30.3 Å². The Bertz CT molecular complexity index is 744. The number of benzene rings is 2. The van der Waals surface area contributed by atoms with E-state index < -0.39 is 5.97 Å². The summed E-state index contributed by atoms with van der Waals surface area (Å²) in [5, 5.41) is 2.54.